The number of rotatable bonds is 6. The molecule has 0 atom stereocenters. The number of nitrogens with two attached hydrogens (primary N) is 2. The molecule has 3 aromatic carbocycles. The van der Waals surface area contributed by atoms with Crippen molar-refractivity contribution in [3.63, 3.8) is 0 Å². The fourth-order valence-electron chi connectivity index (χ4n) is 2.86. The maximum Gasteiger partial charge on any atom is 0.258 e. The largest absolute Gasteiger partial charge is 0.497 e. The lowest BCUT2D eigenvalue weighted by molar-refractivity contribution is 0.0991. The van der Waals surface area contributed by atoms with E-state index in [1.807, 2.05) is 0 Å². The Labute approximate surface area is 173 Å². The number of carbonyl (C=O) groups is 2. The van der Waals surface area contributed by atoms with Crippen molar-refractivity contribution in [2.24, 2.45) is 0 Å². The predicted molar refractivity (Wildman–Crippen MR) is 117 cm³/mol. The van der Waals surface area contributed by atoms with Crippen LogP contribution in [0.1, 0.15) is 20.7 Å². The van der Waals surface area contributed by atoms with Crippen LogP contribution in [0.2, 0.25) is 0 Å². The van der Waals surface area contributed by atoms with Crippen molar-refractivity contribution in [3.8, 4) is 11.5 Å². The maximum absolute atomic E-state index is 12.9. The standard InChI is InChI=1S/C22H22N4O4/c1-29-15-7-3-13(4-8-15)25-21(27)19-17(23)11-12-18(24)20(19)22(28)26-14-5-9-16(30-2)10-6-14/h3-12H,23-24H2,1-2H3,(H,25,27)(H,26,28). The van der Waals surface area contributed by atoms with E-state index in [-0.39, 0.29) is 22.5 Å². The monoisotopic (exact) mass is 406 g/mol. The van der Waals surface area contributed by atoms with Gasteiger partial charge in [-0.05, 0) is 60.7 Å². The lowest BCUT2D eigenvalue weighted by atomic mass is 10.0. The fraction of sp³-hybridized carbons (Fsp3) is 0.0909. The summed E-state index contributed by atoms with van der Waals surface area (Å²) in [5.74, 6) is 0.196. The van der Waals surface area contributed by atoms with E-state index >= 15 is 0 Å². The van der Waals surface area contributed by atoms with Gasteiger partial charge in [0.25, 0.3) is 11.8 Å². The highest BCUT2D eigenvalue weighted by Crippen LogP contribution is 2.27. The summed E-state index contributed by atoms with van der Waals surface area (Å²) < 4.78 is 10.2. The molecule has 0 spiro atoms. The van der Waals surface area contributed by atoms with E-state index in [4.69, 9.17) is 20.9 Å². The van der Waals surface area contributed by atoms with Gasteiger partial charge in [-0.25, -0.2) is 0 Å². The van der Waals surface area contributed by atoms with Crippen LogP contribution in [-0.2, 0) is 0 Å². The molecule has 0 radical (unpaired) electrons. The van der Waals surface area contributed by atoms with Crippen LogP contribution >= 0.6 is 0 Å². The average molecular weight is 406 g/mol. The van der Waals surface area contributed by atoms with Crippen molar-refractivity contribution in [2.75, 3.05) is 36.3 Å². The summed E-state index contributed by atoms with van der Waals surface area (Å²) in [6, 6.07) is 16.5. The molecule has 8 nitrogen and oxygen atoms in total. The molecule has 0 fully saturated rings. The number of hydrogen-bond acceptors (Lipinski definition) is 6. The van der Waals surface area contributed by atoms with Crippen LogP contribution in [0.5, 0.6) is 11.5 Å². The fourth-order valence-corrected chi connectivity index (χ4v) is 2.86. The Hall–Kier alpha value is -4.20. The predicted octanol–water partition coefficient (Wildman–Crippen LogP) is 3.37. The molecule has 0 aliphatic carbocycles. The van der Waals surface area contributed by atoms with Crippen molar-refractivity contribution in [1.82, 2.24) is 0 Å². The number of hydrogen-bond donors (Lipinski definition) is 4. The van der Waals surface area contributed by atoms with Gasteiger partial charge in [-0.3, -0.25) is 9.59 Å². The van der Waals surface area contributed by atoms with Gasteiger partial charge in [-0.1, -0.05) is 0 Å². The normalized spacial score (nSPS) is 10.2. The van der Waals surface area contributed by atoms with Crippen LogP contribution in [0.4, 0.5) is 22.7 Å². The summed E-state index contributed by atoms with van der Waals surface area (Å²) in [4.78, 5) is 25.9. The van der Waals surface area contributed by atoms with Crippen LogP contribution < -0.4 is 31.6 Å². The summed E-state index contributed by atoms with van der Waals surface area (Å²) in [7, 11) is 3.10. The molecular formula is C22H22N4O4. The van der Waals surface area contributed by atoms with E-state index < -0.39 is 11.8 Å². The quantitative estimate of drug-likeness (QED) is 0.465. The molecule has 3 aromatic rings. The van der Waals surface area contributed by atoms with Crippen molar-refractivity contribution < 1.29 is 19.1 Å². The molecule has 6 N–H and O–H groups in total. The van der Waals surface area contributed by atoms with Crippen LogP contribution in [0.15, 0.2) is 60.7 Å². The van der Waals surface area contributed by atoms with Gasteiger partial charge in [0.05, 0.1) is 25.3 Å². The number of benzene rings is 3. The van der Waals surface area contributed by atoms with Gasteiger partial charge in [0.1, 0.15) is 11.5 Å². The number of ether oxygens (including phenoxy) is 2. The van der Waals surface area contributed by atoms with Crippen LogP contribution in [0.3, 0.4) is 0 Å². The Balaban J connectivity index is 1.89. The molecule has 0 bridgehead atoms. The van der Waals surface area contributed by atoms with Crippen LogP contribution in [0, 0.1) is 0 Å². The molecule has 30 heavy (non-hydrogen) atoms. The Morgan fingerprint density at radius 3 is 1.27 bits per heavy atom. The minimum absolute atomic E-state index is 0.00294. The summed E-state index contributed by atoms with van der Waals surface area (Å²) in [5, 5.41) is 5.45. The first kappa shape index (κ1) is 20.5. The van der Waals surface area contributed by atoms with E-state index in [1.54, 1.807) is 62.8 Å². The van der Waals surface area contributed by atoms with Gasteiger partial charge in [0.2, 0.25) is 0 Å². The highest BCUT2D eigenvalue weighted by atomic mass is 16.5. The summed E-state index contributed by atoms with van der Waals surface area (Å²) in [5.41, 5.74) is 13.4. The third-order valence-electron chi connectivity index (χ3n) is 4.42. The van der Waals surface area contributed by atoms with Gasteiger partial charge >= 0.3 is 0 Å². The molecule has 0 aliphatic rings. The van der Waals surface area contributed by atoms with E-state index in [2.05, 4.69) is 10.6 Å². The third kappa shape index (κ3) is 4.44. The zero-order chi connectivity index (χ0) is 21.7. The van der Waals surface area contributed by atoms with Crippen LogP contribution in [0.25, 0.3) is 0 Å². The average Bonchev–Trinajstić information content (AvgIpc) is 2.76. The van der Waals surface area contributed by atoms with Gasteiger partial charge in [0.15, 0.2) is 0 Å². The van der Waals surface area contributed by atoms with Gasteiger partial charge in [-0.2, -0.15) is 0 Å². The molecule has 0 aliphatic heterocycles. The Kier molecular flexibility index (Phi) is 6.07. The minimum Gasteiger partial charge on any atom is -0.497 e. The first-order chi connectivity index (χ1) is 14.4. The highest BCUT2D eigenvalue weighted by molar-refractivity contribution is 6.20. The first-order valence-electron chi connectivity index (χ1n) is 9.01. The van der Waals surface area contributed by atoms with E-state index in [0.717, 1.165) is 0 Å². The Morgan fingerprint density at radius 1 is 0.633 bits per heavy atom. The second-order valence-corrected chi connectivity index (χ2v) is 6.36. The highest BCUT2D eigenvalue weighted by Gasteiger charge is 2.23. The van der Waals surface area contributed by atoms with Gasteiger partial charge < -0.3 is 31.6 Å². The Bertz CT molecular complexity index is 977. The van der Waals surface area contributed by atoms with Crippen molar-refractivity contribution in [3.05, 3.63) is 71.8 Å². The lowest BCUT2D eigenvalue weighted by Gasteiger charge is -2.15. The Morgan fingerprint density at radius 2 is 0.967 bits per heavy atom. The van der Waals surface area contributed by atoms with Gasteiger partial charge in [-0.15, -0.1) is 0 Å². The number of methoxy groups -OCH3 is 2. The minimum atomic E-state index is -0.551. The van der Waals surface area contributed by atoms with E-state index in [9.17, 15) is 9.59 Å². The molecule has 8 heteroatoms. The maximum atomic E-state index is 12.9. The summed E-state index contributed by atoms with van der Waals surface area (Å²) in [6.07, 6.45) is 0. The molecular weight excluding hydrogens is 384 g/mol. The van der Waals surface area contributed by atoms with Gasteiger partial charge in [0, 0.05) is 22.7 Å². The zero-order valence-electron chi connectivity index (χ0n) is 16.6. The number of amides is 2. The van der Waals surface area contributed by atoms with Crippen LogP contribution in [-0.4, -0.2) is 26.0 Å². The van der Waals surface area contributed by atoms with E-state index in [1.165, 1.54) is 12.1 Å². The molecule has 0 saturated carbocycles. The molecule has 154 valence electrons. The lowest BCUT2D eigenvalue weighted by Crippen LogP contribution is -2.23. The molecule has 2 amide bonds. The van der Waals surface area contributed by atoms with E-state index in [0.29, 0.717) is 22.9 Å². The number of nitrogens with one attached hydrogen (secondary N) is 2. The number of anilines is 4. The molecule has 0 aromatic heterocycles. The summed E-state index contributed by atoms with van der Waals surface area (Å²) >= 11 is 0. The topological polar surface area (TPSA) is 129 Å². The second kappa shape index (κ2) is 8.87. The molecule has 0 saturated heterocycles. The summed E-state index contributed by atoms with van der Waals surface area (Å²) in [6.45, 7) is 0. The zero-order valence-corrected chi connectivity index (χ0v) is 16.6. The number of nitrogen functional groups attached to an aromatic ring is 2. The molecule has 3 rings (SSSR count). The molecule has 0 heterocycles. The second-order valence-electron chi connectivity index (χ2n) is 6.36. The van der Waals surface area contributed by atoms with Crippen molar-refractivity contribution in [1.29, 1.82) is 0 Å². The van der Waals surface area contributed by atoms with Crippen molar-refractivity contribution in [2.45, 2.75) is 0 Å². The number of carbonyl (C=O) groups excluding carboxylic acids is 2. The SMILES string of the molecule is COc1ccc(NC(=O)c2c(N)ccc(N)c2C(=O)Nc2ccc(OC)cc2)cc1. The van der Waals surface area contributed by atoms with Crippen molar-refractivity contribution >= 4 is 34.6 Å². The molecule has 0 unspecified atom stereocenters. The third-order valence-corrected chi connectivity index (χ3v) is 4.42. The smallest absolute Gasteiger partial charge is 0.258 e. The first-order valence-corrected chi connectivity index (χ1v) is 9.01.